The average Bonchev–Trinajstić information content (AvgIpc) is 2.38. The predicted octanol–water partition coefficient (Wildman–Crippen LogP) is 1.74. The number of aryl methyl sites for hydroxylation is 1. The van der Waals surface area contributed by atoms with E-state index in [1.165, 1.54) is 4.31 Å². The van der Waals surface area contributed by atoms with Crippen LogP contribution in [0.15, 0.2) is 16.6 Å². The highest BCUT2D eigenvalue weighted by molar-refractivity contribution is 9.10. The van der Waals surface area contributed by atoms with Crippen LogP contribution in [-0.4, -0.2) is 44.4 Å². The lowest BCUT2D eigenvalue weighted by molar-refractivity contribution is 0.459. The number of anilines is 1. The van der Waals surface area contributed by atoms with E-state index in [4.69, 9.17) is 0 Å². The fourth-order valence-corrected chi connectivity index (χ4v) is 2.66. The zero-order chi connectivity index (χ0) is 15.2. The van der Waals surface area contributed by atoms with Crippen LogP contribution in [0.4, 0.5) is 5.82 Å². The van der Waals surface area contributed by atoms with Gasteiger partial charge < -0.3 is 5.32 Å². The van der Waals surface area contributed by atoms with Gasteiger partial charge in [0.25, 0.3) is 0 Å². The molecule has 114 valence electrons. The first-order valence-electron chi connectivity index (χ1n) is 6.44. The molecule has 20 heavy (non-hydrogen) atoms. The van der Waals surface area contributed by atoms with Crippen LogP contribution in [0.1, 0.15) is 19.0 Å². The molecule has 1 rings (SSSR count). The second-order valence-corrected chi connectivity index (χ2v) is 7.03. The van der Waals surface area contributed by atoms with Gasteiger partial charge in [0, 0.05) is 18.1 Å². The first kappa shape index (κ1) is 17.4. The maximum absolute atomic E-state index is 12.1. The van der Waals surface area contributed by atoms with Crippen LogP contribution in [0.5, 0.6) is 0 Å². The van der Waals surface area contributed by atoms with Crippen molar-refractivity contribution in [2.24, 2.45) is 0 Å². The van der Waals surface area contributed by atoms with Crippen molar-refractivity contribution >= 4 is 32.0 Å². The monoisotopic (exact) mass is 364 g/mol. The van der Waals surface area contributed by atoms with Gasteiger partial charge in [0.15, 0.2) is 0 Å². The van der Waals surface area contributed by atoms with E-state index in [-0.39, 0.29) is 0 Å². The molecule has 0 aliphatic carbocycles. The van der Waals surface area contributed by atoms with E-state index in [1.54, 1.807) is 19.2 Å². The molecule has 2 N–H and O–H groups in total. The number of nitrogens with one attached hydrogen (secondary N) is 2. The van der Waals surface area contributed by atoms with Crippen molar-refractivity contribution in [3.8, 4) is 0 Å². The van der Waals surface area contributed by atoms with Crippen molar-refractivity contribution in [1.29, 1.82) is 0 Å². The van der Waals surface area contributed by atoms with Crippen molar-refractivity contribution in [2.75, 3.05) is 31.4 Å². The summed E-state index contributed by atoms with van der Waals surface area (Å²) in [6.07, 6.45) is 0.762. The van der Waals surface area contributed by atoms with Crippen molar-refractivity contribution in [1.82, 2.24) is 14.6 Å². The molecule has 8 heteroatoms. The van der Waals surface area contributed by atoms with Crippen LogP contribution >= 0.6 is 15.9 Å². The number of hydrogen-bond donors (Lipinski definition) is 2. The van der Waals surface area contributed by atoms with E-state index < -0.39 is 10.2 Å². The molecule has 0 amide bonds. The third-order valence-electron chi connectivity index (χ3n) is 2.74. The molecule has 0 aliphatic rings. The normalized spacial score (nSPS) is 11.8. The number of pyridine rings is 1. The zero-order valence-corrected chi connectivity index (χ0v) is 14.4. The van der Waals surface area contributed by atoms with Gasteiger partial charge in [0.1, 0.15) is 5.82 Å². The van der Waals surface area contributed by atoms with Gasteiger partial charge in [-0.15, -0.1) is 0 Å². The lowest BCUT2D eigenvalue weighted by Gasteiger charge is -2.18. The molecule has 0 unspecified atom stereocenters. The Bertz CT molecular complexity index is 536. The van der Waals surface area contributed by atoms with E-state index in [0.717, 1.165) is 29.7 Å². The fourth-order valence-electron chi connectivity index (χ4n) is 1.53. The summed E-state index contributed by atoms with van der Waals surface area (Å²) in [5.41, 5.74) is 0.736. The second kappa shape index (κ2) is 7.92. The number of hydrogen-bond acceptors (Lipinski definition) is 4. The van der Waals surface area contributed by atoms with E-state index >= 15 is 0 Å². The van der Waals surface area contributed by atoms with Gasteiger partial charge in [-0.1, -0.05) is 6.92 Å². The minimum absolute atomic E-state index is 0.323. The summed E-state index contributed by atoms with van der Waals surface area (Å²) in [6.45, 7) is 5.96. The van der Waals surface area contributed by atoms with Gasteiger partial charge in [-0.2, -0.15) is 12.7 Å². The molecule has 0 saturated carbocycles. The minimum Gasteiger partial charge on any atom is -0.317 e. The van der Waals surface area contributed by atoms with E-state index in [0.29, 0.717) is 12.4 Å². The molecular weight excluding hydrogens is 344 g/mol. The molecule has 1 aromatic rings. The van der Waals surface area contributed by atoms with Gasteiger partial charge in [-0.25, -0.2) is 4.98 Å². The van der Waals surface area contributed by atoms with Gasteiger partial charge in [0.05, 0.1) is 5.69 Å². The van der Waals surface area contributed by atoms with Gasteiger partial charge in [-0.05, 0) is 54.5 Å². The molecule has 0 fully saturated rings. The minimum atomic E-state index is -3.55. The second-order valence-electron chi connectivity index (χ2n) is 4.40. The summed E-state index contributed by atoms with van der Waals surface area (Å²) < 4.78 is 28.8. The van der Waals surface area contributed by atoms with E-state index in [9.17, 15) is 8.42 Å². The van der Waals surface area contributed by atoms with Crippen LogP contribution < -0.4 is 10.0 Å². The zero-order valence-electron chi connectivity index (χ0n) is 12.0. The Morgan fingerprint density at radius 2 is 2.10 bits per heavy atom. The summed E-state index contributed by atoms with van der Waals surface area (Å²) >= 11 is 3.33. The molecule has 0 spiro atoms. The van der Waals surface area contributed by atoms with Crippen LogP contribution in [-0.2, 0) is 10.2 Å². The fraction of sp³-hybridized carbons (Fsp3) is 0.583. The molecule has 0 bridgehead atoms. The van der Waals surface area contributed by atoms with Crippen molar-refractivity contribution in [3.63, 3.8) is 0 Å². The average molecular weight is 365 g/mol. The molecule has 1 heterocycles. The Kier molecular flexibility index (Phi) is 6.87. The molecule has 0 saturated heterocycles. The number of rotatable bonds is 8. The summed E-state index contributed by atoms with van der Waals surface area (Å²) in [6, 6.07) is 3.40. The summed E-state index contributed by atoms with van der Waals surface area (Å²) in [7, 11) is -2.00. The van der Waals surface area contributed by atoms with Gasteiger partial charge in [-0.3, -0.25) is 4.72 Å². The number of halogens is 1. The van der Waals surface area contributed by atoms with Crippen LogP contribution in [0.25, 0.3) is 0 Å². The SMILES string of the molecule is CCNCCCN(C)S(=O)(=O)Nc1ccc(Br)c(C)n1. The maximum atomic E-state index is 12.1. The Morgan fingerprint density at radius 3 is 2.70 bits per heavy atom. The lowest BCUT2D eigenvalue weighted by atomic mass is 10.4. The number of aromatic nitrogens is 1. The molecule has 0 atom stereocenters. The molecule has 1 aromatic heterocycles. The third kappa shape index (κ3) is 5.35. The van der Waals surface area contributed by atoms with E-state index in [1.807, 2.05) is 13.8 Å². The highest BCUT2D eigenvalue weighted by Crippen LogP contribution is 2.17. The Hall–Kier alpha value is -0.700. The van der Waals surface area contributed by atoms with Crippen molar-refractivity contribution < 1.29 is 8.42 Å². The van der Waals surface area contributed by atoms with Crippen LogP contribution in [0.3, 0.4) is 0 Å². The lowest BCUT2D eigenvalue weighted by Crippen LogP contribution is -2.34. The van der Waals surface area contributed by atoms with Crippen LogP contribution in [0, 0.1) is 6.92 Å². The quantitative estimate of drug-likeness (QED) is 0.689. The number of nitrogens with zero attached hydrogens (tertiary/aromatic N) is 2. The Balaban J connectivity index is 2.61. The van der Waals surface area contributed by atoms with Crippen molar-refractivity contribution in [2.45, 2.75) is 20.3 Å². The predicted molar refractivity (Wildman–Crippen MR) is 85.0 cm³/mol. The topological polar surface area (TPSA) is 74.3 Å². The van der Waals surface area contributed by atoms with Gasteiger partial charge in [0.2, 0.25) is 0 Å². The first-order valence-corrected chi connectivity index (χ1v) is 8.68. The Labute approximate surface area is 129 Å². The molecule has 0 aliphatic heterocycles. The summed E-state index contributed by atoms with van der Waals surface area (Å²) in [5.74, 6) is 0.323. The molecular formula is C12H21BrN4O2S. The smallest absolute Gasteiger partial charge is 0.302 e. The molecule has 6 nitrogen and oxygen atoms in total. The van der Waals surface area contributed by atoms with Gasteiger partial charge >= 0.3 is 10.2 Å². The van der Waals surface area contributed by atoms with Crippen molar-refractivity contribution in [3.05, 3.63) is 22.3 Å². The maximum Gasteiger partial charge on any atom is 0.302 e. The molecule has 0 radical (unpaired) electrons. The first-order chi connectivity index (χ1) is 9.36. The Morgan fingerprint density at radius 1 is 1.40 bits per heavy atom. The highest BCUT2D eigenvalue weighted by Gasteiger charge is 2.17. The highest BCUT2D eigenvalue weighted by atomic mass is 79.9. The third-order valence-corrected chi connectivity index (χ3v) is 5.05. The van der Waals surface area contributed by atoms with E-state index in [2.05, 4.69) is 31.0 Å². The summed E-state index contributed by atoms with van der Waals surface area (Å²) in [4.78, 5) is 4.17. The van der Waals surface area contributed by atoms with Crippen LogP contribution in [0.2, 0.25) is 0 Å². The molecule has 0 aromatic carbocycles. The summed E-state index contributed by atoms with van der Waals surface area (Å²) in [5, 5.41) is 3.16. The standard InChI is InChI=1S/C12H21BrN4O2S/c1-4-14-8-5-9-17(3)20(18,19)16-12-7-6-11(13)10(2)15-12/h6-7,14H,4-5,8-9H2,1-3H3,(H,15,16). The largest absolute Gasteiger partial charge is 0.317 e.